The average Bonchev–Trinajstić information content (AvgIpc) is 2.60. The molecule has 2 rings (SSSR count). The van der Waals surface area contributed by atoms with E-state index in [-0.39, 0.29) is 29.1 Å². The Balaban J connectivity index is 2.27. The molecule has 0 saturated carbocycles. The Bertz CT molecular complexity index is 805. The number of rotatable bonds is 7. The summed E-state index contributed by atoms with van der Waals surface area (Å²) in [4.78, 5) is 17.0. The third-order valence-electron chi connectivity index (χ3n) is 3.42. The molecule has 2 aromatic rings. The molecule has 1 atom stereocenters. The van der Waals surface area contributed by atoms with Gasteiger partial charge >= 0.3 is 0 Å². The van der Waals surface area contributed by atoms with E-state index in [1.165, 1.54) is 31.2 Å². The lowest BCUT2D eigenvalue weighted by Gasteiger charge is -2.15. The monoisotopic (exact) mass is 478 g/mol. The molecule has 140 valence electrons. The number of anilines is 2. The minimum Gasteiger partial charge on any atom is -0.394 e. The van der Waals surface area contributed by atoms with E-state index >= 15 is 0 Å². The van der Waals surface area contributed by atoms with Crippen LogP contribution in [0.3, 0.4) is 0 Å². The van der Waals surface area contributed by atoms with Gasteiger partial charge in [-0.15, -0.1) is 0 Å². The number of hydrogen-bond donors (Lipinski definition) is 4. The topological polar surface area (TPSA) is 90.8 Å². The SMILES string of the molecule is Cc1ccc(C(=O)NOC[C@H](O)CO)c(Nc2ccc(I)cc2F)c1F. The summed E-state index contributed by atoms with van der Waals surface area (Å²) in [5.41, 5.74) is 2.03. The van der Waals surface area contributed by atoms with Gasteiger partial charge in [-0.05, 0) is 59.3 Å². The van der Waals surface area contributed by atoms with Gasteiger partial charge < -0.3 is 15.5 Å². The molecule has 0 aliphatic heterocycles. The van der Waals surface area contributed by atoms with Crippen molar-refractivity contribution in [3.8, 4) is 0 Å². The maximum absolute atomic E-state index is 14.5. The van der Waals surface area contributed by atoms with Gasteiger partial charge in [-0.1, -0.05) is 6.07 Å². The number of aliphatic hydroxyl groups excluding tert-OH is 2. The maximum atomic E-state index is 14.5. The first-order valence-corrected chi connectivity index (χ1v) is 8.63. The van der Waals surface area contributed by atoms with Crippen LogP contribution in [0.5, 0.6) is 0 Å². The van der Waals surface area contributed by atoms with Gasteiger partial charge in [0.25, 0.3) is 5.91 Å². The Hall–Kier alpha value is -1.82. The molecular formula is C17H17F2IN2O4. The zero-order valence-electron chi connectivity index (χ0n) is 13.7. The van der Waals surface area contributed by atoms with Gasteiger partial charge in [0.05, 0.1) is 23.5 Å². The molecular weight excluding hydrogens is 461 g/mol. The van der Waals surface area contributed by atoms with Crippen LogP contribution in [-0.4, -0.2) is 35.4 Å². The van der Waals surface area contributed by atoms with Gasteiger partial charge in [0.15, 0.2) is 0 Å². The largest absolute Gasteiger partial charge is 0.394 e. The second-order valence-corrected chi connectivity index (χ2v) is 6.69. The molecule has 0 radical (unpaired) electrons. The molecule has 0 heterocycles. The lowest BCUT2D eigenvalue weighted by atomic mass is 10.1. The average molecular weight is 478 g/mol. The normalized spacial score (nSPS) is 11.9. The fraction of sp³-hybridized carbons (Fsp3) is 0.235. The Kier molecular flexibility index (Phi) is 7.26. The van der Waals surface area contributed by atoms with Crippen LogP contribution >= 0.6 is 22.6 Å². The molecule has 4 N–H and O–H groups in total. The molecule has 0 aliphatic carbocycles. The van der Waals surface area contributed by atoms with E-state index in [2.05, 4.69) is 5.32 Å². The molecule has 6 nitrogen and oxygen atoms in total. The van der Waals surface area contributed by atoms with Crippen molar-refractivity contribution in [1.29, 1.82) is 0 Å². The number of hydroxylamine groups is 1. The number of halogens is 3. The predicted molar refractivity (Wildman–Crippen MR) is 100 cm³/mol. The number of aliphatic hydroxyl groups is 2. The van der Waals surface area contributed by atoms with Crippen LogP contribution in [0, 0.1) is 22.1 Å². The van der Waals surface area contributed by atoms with Gasteiger partial charge in [-0.25, -0.2) is 14.3 Å². The van der Waals surface area contributed by atoms with Crippen molar-refractivity contribution >= 4 is 39.9 Å². The predicted octanol–water partition coefficient (Wildman–Crippen LogP) is 2.64. The minimum absolute atomic E-state index is 0.0144. The smallest absolute Gasteiger partial charge is 0.277 e. The molecule has 2 aromatic carbocycles. The highest BCUT2D eigenvalue weighted by Gasteiger charge is 2.19. The molecule has 1 amide bonds. The number of aryl methyl sites for hydroxylation is 1. The molecule has 0 spiro atoms. The first-order chi connectivity index (χ1) is 12.3. The standard InChI is InChI=1S/C17H17F2IN2O4/c1-9-2-4-12(17(25)22-26-8-11(24)7-23)16(15(9)19)21-14-5-3-10(20)6-13(14)18/h2-6,11,21,23-24H,7-8H2,1H3,(H,22,25)/t11-/m1/s1. The van der Waals surface area contributed by atoms with Gasteiger partial charge in [0, 0.05) is 3.57 Å². The van der Waals surface area contributed by atoms with Crippen LogP contribution < -0.4 is 10.8 Å². The van der Waals surface area contributed by atoms with Gasteiger partial charge in [-0.2, -0.15) is 0 Å². The van der Waals surface area contributed by atoms with Crippen molar-refractivity contribution < 1.29 is 28.6 Å². The van der Waals surface area contributed by atoms with Crippen molar-refractivity contribution in [3.05, 3.63) is 56.7 Å². The highest BCUT2D eigenvalue weighted by Crippen LogP contribution is 2.28. The number of benzene rings is 2. The van der Waals surface area contributed by atoms with Crippen LogP contribution in [0.1, 0.15) is 15.9 Å². The fourth-order valence-electron chi connectivity index (χ4n) is 2.03. The third-order valence-corrected chi connectivity index (χ3v) is 4.09. The van der Waals surface area contributed by atoms with Gasteiger partial charge in [-0.3, -0.25) is 9.63 Å². The summed E-state index contributed by atoms with van der Waals surface area (Å²) >= 11 is 1.95. The minimum atomic E-state index is -1.16. The third kappa shape index (κ3) is 5.10. The van der Waals surface area contributed by atoms with Gasteiger partial charge in [0.2, 0.25) is 0 Å². The highest BCUT2D eigenvalue weighted by atomic mass is 127. The van der Waals surface area contributed by atoms with Crippen LogP contribution in [0.15, 0.2) is 30.3 Å². The fourth-order valence-corrected chi connectivity index (χ4v) is 2.48. The summed E-state index contributed by atoms with van der Waals surface area (Å²) in [7, 11) is 0. The number of amides is 1. The lowest BCUT2D eigenvalue weighted by Crippen LogP contribution is -2.30. The van der Waals surface area contributed by atoms with Crippen molar-refractivity contribution in [3.63, 3.8) is 0 Å². The molecule has 26 heavy (non-hydrogen) atoms. The van der Waals surface area contributed by atoms with Crippen LogP contribution in [-0.2, 0) is 4.84 Å². The van der Waals surface area contributed by atoms with E-state index in [9.17, 15) is 18.7 Å². The zero-order valence-corrected chi connectivity index (χ0v) is 15.9. The van der Waals surface area contributed by atoms with Gasteiger partial charge in [0.1, 0.15) is 24.3 Å². The molecule has 0 aliphatic rings. The summed E-state index contributed by atoms with van der Waals surface area (Å²) in [5.74, 6) is -2.08. The number of nitrogens with one attached hydrogen (secondary N) is 2. The van der Waals surface area contributed by atoms with E-state index in [1.54, 1.807) is 6.07 Å². The Morgan fingerprint density at radius 3 is 2.69 bits per heavy atom. The van der Waals surface area contributed by atoms with E-state index in [0.717, 1.165) is 0 Å². The molecule has 9 heteroatoms. The van der Waals surface area contributed by atoms with E-state index < -0.39 is 30.3 Å². The van der Waals surface area contributed by atoms with E-state index in [4.69, 9.17) is 9.94 Å². The van der Waals surface area contributed by atoms with E-state index in [0.29, 0.717) is 3.57 Å². The van der Waals surface area contributed by atoms with Crippen molar-refractivity contribution in [1.82, 2.24) is 5.48 Å². The lowest BCUT2D eigenvalue weighted by molar-refractivity contribution is -0.0295. The molecule has 0 fully saturated rings. The Morgan fingerprint density at radius 2 is 2.04 bits per heavy atom. The highest BCUT2D eigenvalue weighted by molar-refractivity contribution is 14.1. The van der Waals surface area contributed by atoms with Crippen molar-refractivity contribution in [2.75, 3.05) is 18.5 Å². The number of carbonyl (C=O) groups excluding carboxylic acids is 1. The van der Waals surface area contributed by atoms with Crippen molar-refractivity contribution in [2.45, 2.75) is 13.0 Å². The molecule has 0 bridgehead atoms. The van der Waals surface area contributed by atoms with E-state index in [1.807, 2.05) is 28.1 Å². The Labute approximate surface area is 162 Å². The van der Waals surface area contributed by atoms with Crippen LogP contribution in [0.25, 0.3) is 0 Å². The molecule has 0 saturated heterocycles. The summed E-state index contributed by atoms with van der Waals surface area (Å²) in [6, 6.07) is 7.12. The number of carbonyl (C=O) groups is 1. The Morgan fingerprint density at radius 1 is 1.31 bits per heavy atom. The summed E-state index contributed by atoms with van der Waals surface area (Å²) in [6.45, 7) is 0.639. The maximum Gasteiger partial charge on any atom is 0.277 e. The quantitative estimate of drug-likeness (QED) is 0.363. The second-order valence-electron chi connectivity index (χ2n) is 5.45. The van der Waals surface area contributed by atoms with Crippen LogP contribution in [0.2, 0.25) is 0 Å². The van der Waals surface area contributed by atoms with Crippen molar-refractivity contribution in [2.24, 2.45) is 0 Å². The first-order valence-electron chi connectivity index (χ1n) is 7.55. The molecule has 0 aromatic heterocycles. The zero-order chi connectivity index (χ0) is 19.3. The second kappa shape index (κ2) is 9.21. The molecule has 0 unspecified atom stereocenters. The summed E-state index contributed by atoms with van der Waals surface area (Å²) < 4.78 is 29.3. The summed E-state index contributed by atoms with van der Waals surface area (Å²) in [5, 5.41) is 20.5. The van der Waals surface area contributed by atoms with Crippen LogP contribution in [0.4, 0.5) is 20.2 Å². The number of hydrogen-bond acceptors (Lipinski definition) is 5. The first kappa shape index (κ1) is 20.5. The summed E-state index contributed by atoms with van der Waals surface area (Å²) in [6.07, 6.45) is -1.16.